The number of nitrogens with one attached hydrogen (secondary N) is 1. The number of rotatable bonds is 3. The van der Waals surface area contributed by atoms with Crippen molar-refractivity contribution >= 4 is 23.4 Å². The molecule has 3 aliphatic rings. The minimum atomic E-state index is -0.614. The van der Waals surface area contributed by atoms with Gasteiger partial charge in [-0.2, -0.15) is 0 Å². The summed E-state index contributed by atoms with van der Waals surface area (Å²) in [6.07, 6.45) is 4.39. The van der Waals surface area contributed by atoms with Crippen LogP contribution < -0.4 is 5.32 Å². The van der Waals surface area contributed by atoms with Gasteiger partial charge < -0.3 is 15.1 Å². The summed E-state index contributed by atoms with van der Waals surface area (Å²) in [5, 5.41) is 3.41. The zero-order valence-electron chi connectivity index (χ0n) is 14.3. The lowest BCUT2D eigenvalue weighted by Crippen LogP contribution is -2.54. The molecule has 2 aliphatic heterocycles. The SMILES string of the molecule is O=C1NCCN(C(=O)C2CCN(C3CC3)CC2)C1c1ccccc1Cl. The van der Waals surface area contributed by atoms with Gasteiger partial charge in [-0.3, -0.25) is 9.59 Å². The minimum absolute atomic E-state index is 0.0193. The fraction of sp³-hybridized carbons (Fsp3) is 0.579. The van der Waals surface area contributed by atoms with Crippen LogP contribution in [0.15, 0.2) is 24.3 Å². The lowest BCUT2D eigenvalue weighted by Gasteiger charge is -2.39. The van der Waals surface area contributed by atoms with Gasteiger partial charge in [0.25, 0.3) is 0 Å². The molecule has 0 spiro atoms. The quantitative estimate of drug-likeness (QED) is 0.898. The van der Waals surface area contributed by atoms with Gasteiger partial charge in [-0.25, -0.2) is 0 Å². The average molecular weight is 362 g/mol. The standard InChI is InChI=1S/C19H24ClN3O2/c20-16-4-2-1-3-15(16)17-18(24)21-9-12-23(17)19(25)13-7-10-22(11-8-13)14-5-6-14/h1-4,13-14,17H,5-12H2,(H,21,24). The van der Waals surface area contributed by atoms with E-state index in [1.165, 1.54) is 12.8 Å². The molecule has 1 aromatic rings. The fourth-order valence-electron chi connectivity index (χ4n) is 4.10. The molecule has 2 saturated heterocycles. The van der Waals surface area contributed by atoms with Gasteiger partial charge in [0.15, 0.2) is 0 Å². The van der Waals surface area contributed by atoms with E-state index in [4.69, 9.17) is 11.6 Å². The first-order chi connectivity index (χ1) is 12.1. The Kier molecular flexibility index (Phi) is 4.69. The molecule has 4 rings (SSSR count). The highest BCUT2D eigenvalue weighted by molar-refractivity contribution is 6.31. The summed E-state index contributed by atoms with van der Waals surface area (Å²) < 4.78 is 0. The number of piperazine rings is 1. The first-order valence-corrected chi connectivity index (χ1v) is 9.59. The van der Waals surface area contributed by atoms with E-state index in [1.54, 1.807) is 11.0 Å². The number of likely N-dealkylation sites (tertiary alicyclic amines) is 1. The number of carbonyl (C=O) groups excluding carboxylic acids is 2. The number of hydrogen-bond donors (Lipinski definition) is 1. The number of halogens is 1. The van der Waals surface area contributed by atoms with E-state index in [1.807, 2.05) is 18.2 Å². The van der Waals surface area contributed by atoms with Crippen LogP contribution in [0, 0.1) is 5.92 Å². The second-order valence-electron chi connectivity index (χ2n) is 7.29. The van der Waals surface area contributed by atoms with E-state index in [9.17, 15) is 9.59 Å². The van der Waals surface area contributed by atoms with Crippen molar-refractivity contribution in [2.45, 2.75) is 37.8 Å². The van der Waals surface area contributed by atoms with Crippen molar-refractivity contribution in [3.05, 3.63) is 34.9 Å². The lowest BCUT2D eigenvalue weighted by atomic mass is 9.92. The molecule has 25 heavy (non-hydrogen) atoms. The number of benzene rings is 1. The summed E-state index contributed by atoms with van der Waals surface area (Å²) in [6.45, 7) is 3.05. The van der Waals surface area contributed by atoms with Crippen LogP contribution in [0.25, 0.3) is 0 Å². The Hall–Kier alpha value is -1.59. The Morgan fingerprint density at radius 2 is 1.80 bits per heavy atom. The summed E-state index contributed by atoms with van der Waals surface area (Å²) in [6, 6.07) is 7.46. The molecule has 5 nitrogen and oxygen atoms in total. The molecule has 3 fully saturated rings. The van der Waals surface area contributed by atoms with Gasteiger partial charge in [0.05, 0.1) is 0 Å². The van der Waals surface area contributed by atoms with E-state index < -0.39 is 6.04 Å². The largest absolute Gasteiger partial charge is 0.352 e. The summed E-state index contributed by atoms with van der Waals surface area (Å²) in [4.78, 5) is 30.0. The molecule has 0 radical (unpaired) electrons. The first-order valence-electron chi connectivity index (χ1n) is 9.22. The summed E-state index contributed by atoms with van der Waals surface area (Å²) >= 11 is 6.31. The predicted octanol–water partition coefficient (Wildman–Crippen LogP) is 2.21. The van der Waals surface area contributed by atoms with Gasteiger partial charge in [-0.1, -0.05) is 29.8 Å². The van der Waals surface area contributed by atoms with Crippen molar-refractivity contribution < 1.29 is 9.59 Å². The molecule has 1 aromatic carbocycles. The highest BCUT2D eigenvalue weighted by atomic mass is 35.5. The number of nitrogens with zero attached hydrogens (tertiary/aromatic N) is 2. The molecule has 1 N–H and O–H groups in total. The predicted molar refractivity (Wildman–Crippen MR) is 96.2 cm³/mol. The first kappa shape index (κ1) is 16.9. The van der Waals surface area contributed by atoms with Crippen LogP contribution in [0.5, 0.6) is 0 Å². The van der Waals surface area contributed by atoms with Gasteiger partial charge in [-0.15, -0.1) is 0 Å². The molecule has 2 heterocycles. The molecular weight excluding hydrogens is 338 g/mol. The third-order valence-corrected chi connectivity index (χ3v) is 5.98. The van der Waals surface area contributed by atoms with Crippen LogP contribution in [-0.2, 0) is 9.59 Å². The van der Waals surface area contributed by atoms with Crippen molar-refractivity contribution in [3.8, 4) is 0 Å². The maximum absolute atomic E-state index is 13.2. The van der Waals surface area contributed by atoms with Gasteiger partial charge in [0, 0.05) is 35.6 Å². The second-order valence-corrected chi connectivity index (χ2v) is 7.70. The molecule has 1 aliphatic carbocycles. The van der Waals surface area contributed by atoms with Gasteiger partial charge in [0.1, 0.15) is 6.04 Å². The molecule has 134 valence electrons. The molecule has 1 saturated carbocycles. The molecule has 1 unspecified atom stereocenters. The van der Waals surface area contributed by atoms with E-state index in [0.717, 1.165) is 32.0 Å². The van der Waals surface area contributed by atoms with Crippen molar-refractivity contribution in [3.63, 3.8) is 0 Å². The molecular formula is C19H24ClN3O2. The van der Waals surface area contributed by atoms with Crippen molar-refractivity contribution in [2.75, 3.05) is 26.2 Å². The smallest absolute Gasteiger partial charge is 0.247 e. The maximum Gasteiger partial charge on any atom is 0.247 e. The van der Waals surface area contributed by atoms with E-state index in [0.29, 0.717) is 23.7 Å². The average Bonchev–Trinajstić information content (AvgIpc) is 3.47. The van der Waals surface area contributed by atoms with Crippen LogP contribution in [-0.4, -0.2) is 53.8 Å². The van der Waals surface area contributed by atoms with Gasteiger partial charge in [-0.05, 0) is 44.8 Å². The lowest BCUT2D eigenvalue weighted by molar-refractivity contribution is -0.147. The Morgan fingerprint density at radius 1 is 1.08 bits per heavy atom. The van der Waals surface area contributed by atoms with Crippen LogP contribution in [0.1, 0.15) is 37.3 Å². The van der Waals surface area contributed by atoms with Crippen LogP contribution in [0.2, 0.25) is 5.02 Å². The Balaban J connectivity index is 1.51. The number of hydrogen-bond acceptors (Lipinski definition) is 3. The van der Waals surface area contributed by atoms with E-state index in [2.05, 4.69) is 10.2 Å². The zero-order chi connectivity index (χ0) is 17.4. The van der Waals surface area contributed by atoms with Crippen LogP contribution in [0.3, 0.4) is 0 Å². The summed E-state index contributed by atoms with van der Waals surface area (Å²) in [5.41, 5.74) is 0.713. The van der Waals surface area contributed by atoms with E-state index in [-0.39, 0.29) is 17.7 Å². The Labute approximate surface area is 153 Å². The monoisotopic (exact) mass is 361 g/mol. The third kappa shape index (κ3) is 3.40. The Bertz CT molecular complexity index is 668. The summed E-state index contributed by atoms with van der Waals surface area (Å²) in [7, 11) is 0. The molecule has 2 amide bonds. The van der Waals surface area contributed by atoms with Crippen molar-refractivity contribution in [1.29, 1.82) is 0 Å². The summed E-state index contributed by atoms with van der Waals surface area (Å²) in [5.74, 6) is -0.00998. The third-order valence-electron chi connectivity index (χ3n) is 5.64. The van der Waals surface area contributed by atoms with E-state index >= 15 is 0 Å². The van der Waals surface area contributed by atoms with Crippen molar-refractivity contribution in [2.24, 2.45) is 5.92 Å². The van der Waals surface area contributed by atoms with Gasteiger partial charge in [0.2, 0.25) is 11.8 Å². The number of carbonyl (C=O) groups is 2. The molecule has 0 bridgehead atoms. The van der Waals surface area contributed by atoms with Crippen molar-refractivity contribution in [1.82, 2.24) is 15.1 Å². The highest BCUT2D eigenvalue weighted by Crippen LogP contribution is 2.34. The fourth-order valence-corrected chi connectivity index (χ4v) is 4.34. The number of amides is 2. The molecule has 6 heteroatoms. The normalized spacial score (nSPS) is 25.7. The van der Waals surface area contributed by atoms with Gasteiger partial charge >= 0.3 is 0 Å². The molecule has 1 atom stereocenters. The second kappa shape index (κ2) is 6.96. The number of piperidine rings is 1. The molecule has 0 aromatic heterocycles. The van der Waals surface area contributed by atoms with Crippen LogP contribution >= 0.6 is 11.6 Å². The Morgan fingerprint density at radius 3 is 2.48 bits per heavy atom. The maximum atomic E-state index is 13.2. The topological polar surface area (TPSA) is 52.7 Å². The highest BCUT2D eigenvalue weighted by Gasteiger charge is 2.40. The minimum Gasteiger partial charge on any atom is -0.352 e. The zero-order valence-corrected chi connectivity index (χ0v) is 15.0. The van der Waals surface area contributed by atoms with Crippen LogP contribution in [0.4, 0.5) is 0 Å².